The number of carbonyl (C=O) groups is 2. The van der Waals surface area contributed by atoms with Gasteiger partial charge in [0.15, 0.2) is 0 Å². The van der Waals surface area contributed by atoms with Gasteiger partial charge >= 0.3 is 17.3 Å². The quantitative estimate of drug-likeness (QED) is 0.0366. The summed E-state index contributed by atoms with van der Waals surface area (Å²) < 4.78 is 52.0. The number of hydrogen-bond donors (Lipinski definition) is 3. The van der Waals surface area contributed by atoms with Gasteiger partial charge in [0.25, 0.3) is 11.5 Å². The van der Waals surface area contributed by atoms with E-state index in [1.54, 1.807) is 51.5 Å². The highest BCUT2D eigenvalue weighted by molar-refractivity contribution is 8.60. The Bertz CT molecular complexity index is 2980. The molecule has 4 heterocycles. The number of aromatic amines is 1. The number of benzene rings is 4. The number of aromatic nitrogens is 4. The third kappa shape index (κ3) is 11.4. The lowest BCUT2D eigenvalue weighted by Gasteiger charge is -2.37. The molecule has 0 spiro atoms. The van der Waals surface area contributed by atoms with Crippen molar-refractivity contribution in [2.24, 2.45) is 0 Å². The summed E-state index contributed by atoms with van der Waals surface area (Å²) in [5.41, 5.74) is -3.84. The molecule has 2 aromatic heterocycles. The lowest BCUT2D eigenvalue weighted by Crippen LogP contribution is -2.38. The number of methoxy groups -OCH3 is 2. The summed E-state index contributed by atoms with van der Waals surface area (Å²) in [6, 6.07) is 34.7. The summed E-state index contributed by atoms with van der Waals surface area (Å²) in [6.07, 6.45) is -2.58. The molecule has 2 saturated heterocycles. The molecule has 0 bridgehead atoms. The number of nitrogens with one attached hydrogen (secondary N) is 2. The first-order valence-electron chi connectivity index (χ1n) is 22.1. The zero-order valence-electron chi connectivity index (χ0n) is 38.4. The van der Waals surface area contributed by atoms with Gasteiger partial charge in [0, 0.05) is 43.3 Å². The van der Waals surface area contributed by atoms with Crippen molar-refractivity contribution in [2.45, 2.75) is 69.2 Å². The number of rotatable bonds is 18. The van der Waals surface area contributed by atoms with Crippen molar-refractivity contribution in [1.82, 2.24) is 19.1 Å². The Balaban J connectivity index is 1.10. The molecule has 0 saturated carbocycles. The van der Waals surface area contributed by atoms with E-state index in [1.165, 1.54) is 34.5 Å². The molecular weight excluding hydrogens is 962 g/mol. The molecule has 0 radical (unpaired) electrons. The number of amides is 1. The van der Waals surface area contributed by atoms with Crippen LogP contribution in [0.25, 0.3) is 0 Å². The van der Waals surface area contributed by atoms with Gasteiger partial charge < -0.3 is 42.8 Å². The number of hydrogen-bond acceptors (Lipinski definition) is 15. The van der Waals surface area contributed by atoms with Crippen LogP contribution in [0.1, 0.15) is 64.8 Å². The first-order chi connectivity index (χ1) is 33.7. The highest BCUT2D eigenvalue weighted by atomic mass is 32.9. The number of anilines is 1. The average molecular weight is 1010 g/mol. The van der Waals surface area contributed by atoms with Gasteiger partial charge in [-0.1, -0.05) is 85.0 Å². The van der Waals surface area contributed by atoms with E-state index in [1.807, 2.05) is 78.9 Å². The van der Waals surface area contributed by atoms with E-state index >= 15 is 0 Å². The highest BCUT2D eigenvalue weighted by Crippen LogP contribution is 2.57. The van der Waals surface area contributed by atoms with E-state index < -0.39 is 77.0 Å². The number of nitrogens with zero attached hydrogens (tertiary/aromatic N) is 3. The zero-order valence-corrected chi connectivity index (χ0v) is 41.0. The molecule has 8 rings (SSSR count). The van der Waals surface area contributed by atoms with Crippen molar-refractivity contribution in [3.8, 4) is 11.5 Å². The molecule has 2 fully saturated rings. The van der Waals surface area contributed by atoms with Crippen molar-refractivity contribution in [1.29, 1.82) is 0 Å². The normalized spacial score (nSPS) is 20.9. The number of esters is 1. The second-order valence-corrected chi connectivity index (χ2v) is 21.6. The van der Waals surface area contributed by atoms with Gasteiger partial charge in [0.2, 0.25) is 5.69 Å². The molecule has 366 valence electrons. The second kappa shape index (κ2) is 21.8. The maximum Gasteiger partial charge on any atom is 0.351 e. The average Bonchev–Trinajstić information content (AvgIpc) is 3.95. The predicted octanol–water partition coefficient (Wildman–Crippen LogP) is 6.44. The van der Waals surface area contributed by atoms with Crippen molar-refractivity contribution in [2.75, 3.05) is 32.8 Å². The number of ether oxygens (including phenoxy) is 6. The van der Waals surface area contributed by atoms with Crippen LogP contribution in [0.3, 0.4) is 0 Å². The smallest absolute Gasteiger partial charge is 0.351 e. The van der Waals surface area contributed by atoms with E-state index in [9.17, 15) is 24.0 Å². The van der Waals surface area contributed by atoms with Crippen LogP contribution in [0.15, 0.2) is 142 Å². The van der Waals surface area contributed by atoms with E-state index in [4.69, 9.17) is 61.5 Å². The molecule has 2 aliphatic heterocycles. The van der Waals surface area contributed by atoms with Crippen molar-refractivity contribution in [3.05, 3.63) is 187 Å². The minimum absolute atomic E-state index is 0.0376. The summed E-state index contributed by atoms with van der Waals surface area (Å²) in [6.45, 7) is 2.39. The zero-order chi connectivity index (χ0) is 49.6. The Morgan fingerprint density at radius 2 is 1.36 bits per heavy atom. The van der Waals surface area contributed by atoms with E-state index in [-0.39, 0.29) is 37.4 Å². The Morgan fingerprint density at radius 3 is 1.94 bits per heavy atom. The van der Waals surface area contributed by atoms with Crippen molar-refractivity contribution >= 4 is 47.4 Å². The SMILES string of the molecule is COc1ccc(C(OC[C@H]2O[C@@H](n3ccc(NC(=O)c4ccccc4)nc3=O)C[C@@H]2OP(=S)(S)OC[C@H]2O[C@@H](n3cc(C)c(=O)[nH]c3=O)C[C@@H]2OC(C)=O)(c2ccccc2)c2ccc(OC)cc2)cc1. The molecule has 2 aliphatic rings. The first kappa shape index (κ1) is 50.2. The summed E-state index contributed by atoms with van der Waals surface area (Å²) >= 11 is 10.7. The lowest BCUT2D eigenvalue weighted by atomic mass is 9.80. The maximum atomic E-state index is 13.7. The van der Waals surface area contributed by atoms with Gasteiger partial charge in [-0.05, 0) is 77.9 Å². The van der Waals surface area contributed by atoms with Crippen LogP contribution in [-0.4, -0.2) is 82.8 Å². The topological polar surface area (TPSA) is 210 Å². The minimum atomic E-state index is -3.57. The third-order valence-electron chi connectivity index (χ3n) is 11.9. The molecule has 70 heavy (non-hydrogen) atoms. The summed E-state index contributed by atoms with van der Waals surface area (Å²) in [5.74, 6) is 0.281. The molecule has 0 aliphatic carbocycles. The van der Waals surface area contributed by atoms with E-state index in [0.717, 1.165) is 16.7 Å². The predicted molar refractivity (Wildman–Crippen MR) is 264 cm³/mol. The first-order valence-corrected chi connectivity index (χ1v) is 25.9. The van der Waals surface area contributed by atoms with Gasteiger partial charge in [0.05, 0.1) is 33.5 Å². The summed E-state index contributed by atoms with van der Waals surface area (Å²) in [4.78, 5) is 70.2. The molecule has 18 nitrogen and oxygen atoms in total. The van der Waals surface area contributed by atoms with Gasteiger partial charge in [0.1, 0.15) is 53.7 Å². The van der Waals surface area contributed by atoms with Crippen LogP contribution < -0.4 is 31.7 Å². The van der Waals surface area contributed by atoms with Crippen molar-refractivity contribution in [3.63, 3.8) is 0 Å². The molecular formula is C49H50N5O13PS2. The minimum Gasteiger partial charge on any atom is -0.497 e. The van der Waals surface area contributed by atoms with Crippen LogP contribution in [-0.2, 0) is 50.2 Å². The lowest BCUT2D eigenvalue weighted by molar-refractivity contribution is -0.150. The van der Waals surface area contributed by atoms with Crippen LogP contribution in [0.5, 0.6) is 11.5 Å². The van der Waals surface area contributed by atoms with Crippen molar-refractivity contribution < 1.29 is 47.1 Å². The molecule has 7 atom stereocenters. The fourth-order valence-electron chi connectivity index (χ4n) is 8.42. The maximum absolute atomic E-state index is 13.7. The fourth-order valence-corrected chi connectivity index (χ4v) is 10.5. The molecule has 6 aromatic rings. The second-order valence-electron chi connectivity index (χ2n) is 16.4. The fraction of sp³-hybridized carbons (Fsp3) is 0.306. The number of carbonyl (C=O) groups excluding carboxylic acids is 2. The monoisotopic (exact) mass is 1010 g/mol. The number of aryl methyl sites for hydroxylation is 1. The van der Waals surface area contributed by atoms with Gasteiger partial charge in [-0.2, -0.15) is 4.98 Å². The third-order valence-corrected chi connectivity index (χ3v) is 14.1. The Hall–Kier alpha value is -6.22. The summed E-state index contributed by atoms with van der Waals surface area (Å²) in [7, 11) is 3.17. The van der Waals surface area contributed by atoms with Crippen LogP contribution in [0.2, 0.25) is 0 Å². The summed E-state index contributed by atoms with van der Waals surface area (Å²) in [5, 5.41) is 2.66. The van der Waals surface area contributed by atoms with Crippen LogP contribution in [0, 0.1) is 6.92 Å². The van der Waals surface area contributed by atoms with Gasteiger partial charge in [-0.25, -0.2) is 9.59 Å². The van der Waals surface area contributed by atoms with Gasteiger partial charge in [-0.3, -0.25) is 28.5 Å². The number of thiol groups is 1. The van der Waals surface area contributed by atoms with E-state index in [0.29, 0.717) is 17.1 Å². The Morgan fingerprint density at radius 1 is 0.800 bits per heavy atom. The Labute approximate surface area is 412 Å². The molecule has 4 aromatic carbocycles. The molecule has 2 N–H and O–H groups in total. The Kier molecular flexibility index (Phi) is 15.6. The van der Waals surface area contributed by atoms with Crippen LogP contribution >= 0.6 is 17.9 Å². The molecule has 1 amide bonds. The largest absolute Gasteiger partial charge is 0.497 e. The van der Waals surface area contributed by atoms with E-state index in [2.05, 4.69) is 15.3 Å². The molecule has 21 heteroatoms. The highest BCUT2D eigenvalue weighted by Gasteiger charge is 2.45. The van der Waals surface area contributed by atoms with Crippen LogP contribution in [0.4, 0.5) is 5.82 Å². The van der Waals surface area contributed by atoms with Gasteiger partial charge in [-0.15, -0.1) is 0 Å². The standard InChI is InChI=1S/C49H50N5O13PS2/c1-30-27-54(48(59)52-45(30)56)44-25-38(64-31(2)55)41(66-44)29-63-68(69,70)67-39-26-43(53-24-23-42(51-47(53)58)50-46(57)32-11-7-5-8-12-32)65-40(39)28-62-49(33-13-9-6-10-14-33,34-15-19-36(60-3)20-16-34)35-17-21-37(61-4)22-18-35/h5-24,27,38-41,43-44H,25-26,28-29H2,1-4H3,(H,69,70)(H,52,56,59)(H,50,51,57,58)/t38-,39-,40+,41+,43+,44+/m0/s1. The number of H-pyrrole nitrogens is 1. The molecule has 1 unspecified atom stereocenters.